The van der Waals surface area contributed by atoms with Crippen LogP contribution in [0.2, 0.25) is 0 Å². The summed E-state index contributed by atoms with van der Waals surface area (Å²) in [6, 6.07) is 11.2. The van der Waals surface area contributed by atoms with Crippen LogP contribution >= 0.6 is 0 Å². The maximum atomic E-state index is 13.9. The number of nitrogen functional groups attached to an aromatic ring is 1. The molecule has 3 aromatic rings. The average molecular weight is 381 g/mol. The fourth-order valence-corrected chi connectivity index (χ4v) is 3.52. The number of urea groups is 1. The number of carbonyl (C=O) groups excluding carboxylic acids is 1. The van der Waals surface area contributed by atoms with Gasteiger partial charge in [0.05, 0.1) is 25.0 Å². The lowest BCUT2D eigenvalue weighted by molar-refractivity contribution is 0.244. The first-order chi connectivity index (χ1) is 13.6. The quantitative estimate of drug-likeness (QED) is 0.647. The van der Waals surface area contributed by atoms with Crippen LogP contribution in [0.5, 0.6) is 5.75 Å². The number of ether oxygens (including phenoxy) is 1. The molecule has 1 aromatic heterocycles. The Morgan fingerprint density at radius 3 is 3.00 bits per heavy atom. The van der Waals surface area contributed by atoms with Gasteiger partial charge in [-0.1, -0.05) is 18.2 Å². The number of aromatic amines is 1. The Balaban J connectivity index is 1.61. The van der Waals surface area contributed by atoms with Crippen molar-refractivity contribution in [2.45, 2.75) is 19.0 Å². The minimum Gasteiger partial charge on any atom is -0.497 e. The molecule has 0 radical (unpaired) electrons. The highest BCUT2D eigenvalue weighted by atomic mass is 19.1. The molecule has 0 fully saturated rings. The molecule has 4 N–H and O–H groups in total. The first kappa shape index (κ1) is 17.8. The fraction of sp³-hybridized carbons (Fsp3) is 0.200. The number of halogens is 1. The first-order valence-electron chi connectivity index (χ1n) is 8.84. The summed E-state index contributed by atoms with van der Waals surface area (Å²) in [6.45, 7) is 0.310. The van der Waals surface area contributed by atoms with E-state index < -0.39 is 5.82 Å². The van der Waals surface area contributed by atoms with Crippen LogP contribution in [-0.2, 0) is 13.0 Å². The van der Waals surface area contributed by atoms with Crippen LogP contribution in [0.4, 0.5) is 20.7 Å². The highest BCUT2D eigenvalue weighted by Crippen LogP contribution is 2.41. The number of nitrogens with one attached hydrogen (secondary N) is 2. The molecule has 1 aliphatic heterocycles. The van der Waals surface area contributed by atoms with Gasteiger partial charge in [-0.05, 0) is 41.8 Å². The molecule has 0 bridgehead atoms. The van der Waals surface area contributed by atoms with E-state index in [-0.39, 0.29) is 12.1 Å². The lowest BCUT2D eigenvalue weighted by atomic mass is 10.1. The Labute approximate surface area is 161 Å². The molecule has 2 aromatic carbocycles. The summed E-state index contributed by atoms with van der Waals surface area (Å²) in [5.41, 5.74) is 8.99. The van der Waals surface area contributed by atoms with Crippen molar-refractivity contribution in [1.29, 1.82) is 0 Å². The lowest BCUT2D eigenvalue weighted by Gasteiger charge is -2.25. The molecule has 7 nitrogen and oxygen atoms in total. The van der Waals surface area contributed by atoms with E-state index >= 15 is 0 Å². The molecule has 2 heterocycles. The molecule has 1 atom stereocenters. The van der Waals surface area contributed by atoms with Crippen LogP contribution < -0.4 is 20.7 Å². The van der Waals surface area contributed by atoms with Crippen LogP contribution in [0.25, 0.3) is 0 Å². The molecular weight excluding hydrogens is 361 g/mol. The number of amides is 2. The Kier molecular flexibility index (Phi) is 4.60. The van der Waals surface area contributed by atoms with E-state index in [1.165, 1.54) is 12.1 Å². The molecule has 8 heteroatoms. The molecule has 0 saturated heterocycles. The highest BCUT2D eigenvalue weighted by Gasteiger charge is 2.36. The Hall–Kier alpha value is -3.55. The zero-order valence-electron chi connectivity index (χ0n) is 15.3. The van der Waals surface area contributed by atoms with Gasteiger partial charge in [0.15, 0.2) is 0 Å². The van der Waals surface area contributed by atoms with Crippen molar-refractivity contribution < 1.29 is 13.9 Å². The number of rotatable bonds is 4. The Morgan fingerprint density at radius 1 is 1.39 bits per heavy atom. The number of hydrogen-bond acceptors (Lipinski definition) is 4. The fourth-order valence-electron chi connectivity index (χ4n) is 3.52. The predicted octanol–water partition coefficient (Wildman–Crippen LogP) is 3.15. The number of carbonyl (C=O) groups is 1. The minimum absolute atomic E-state index is 0.310. The van der Waals surface area contributed by atoms with Crippen LogP contribution in [0.3, 0.4) is 0 Å². The third kappa shape index (κ3) is 3.24. The number of aromatic nitrogens is 2. The molecule has 0 spiro atoms. The van der Waals surface area contributed by atoms with Gasteiger partial charge < -0.3 is 15.8 Å². The largest absolute Gasteiger partial charge is 0.497 e. The summed E-state index contributed by atoms with van der Waals surface area (Å²) in [7, 11) is 1.59. The highest BCUT2D eigenvalue weighted by molar-refractivity contribution is 5.95. The van der Waals surface area contributed by atoms with Gasteiger partial charge in [-0.15, -0.1) is 0 Å². The van der Waals surface area contributed by atoms with Gasteiger partial charge in [0, 0.05) is 12.1 Å². The topological polar surface area (TPSA) is 96.3 Å². The molecule has 2 amide bonds. The van der Waals surface area contributed by atoms with Gasteiger partial charge in [0.25, 0.3) is 0 Å². The number of anilines is 2. The van der Waals surface area contributed by atoms with Crippen molar-refractivity contribution in [2.75, 3.05) is 17.7 Å². The van der Waals surface area contributed by atoms with E-state index in [4.69, 9.17) is 10.5 Å². The van der Waals surface area contributed by atoms with Crippen LogP contribution in [0, 0.1) is 5.82 Å². The van der Waals surface area contributed by atoms with E-state index in [2.05, 4.69) is 15.5 Å². The van der Waals surface area contributed by atoms with Crippen molar-refractivity contribution in [2.24, 2.45) is 0 Å². The SMILES string of the molecule is COc1cccc(CNC(=O)N2c3cc(F)ccc3CC2c2cn[nH]c2N)c1. The van der Waals surface area contributed by atoms with Crippen LogP contribution in [0.1, 0.15) is 22.7 Å². The van der Waals surface area contributed by atoms with Crippen molar-refractivity contribution in [3.8, 4) is 5.75 Å². The number of nitrogens with zero attached hydrogens (tertiary/aromatic N) is 2. The monoisotopic (exact) mass is 381 g/mol. The van der Waals surface area contributed by atoms with Crippen LogP contribution in [0.15, 0.2) is 48.7 Å². The number of methoxy groups -OCH3 is 1. The number of fused-ring (bicyclic) bond motifs is 1. The van der Waals surface area contributed by atoms with E-state index in [9.17, 15) is 9.18 Å². The number of H-pyrrole nitrogens is 1. The summed E-state index contributed by atoms with van der Waals surface area (Å²) in [5, 5.41) is 9.55. The van der Waals surface area contributed by atoms with Gasteiger partial charge in [-0.25, -0.2) is 9.18 Å². The second-order valence-electron chi connectivity index (χ2n) is 6.61. The van der Waals surface area contributed by atoms with Gasteiger partial charge >= 0.3 is 6.03 Å². The zero-order valence-corrected chi connectivity index (χ0v) is 15.3. The molecule has 144 valence electrons. The smallest absolute Gasteiger partial charge is 0.322 e. The van der Waals surface area contributed by atoms with Gasteiger partial charge in [0.1, 0.15) is 17.4 Å². The van der Waals surface area contributed by atoms with Crippen molar-refractivity contribution in [3.05, 3.63) is 71.2 Å². The summed E-state index contributed by atoms with van der Waals surface area (Å²) in [5.74, 6) is 0.707. The van der Waals surface area contributed by atoms with Crippen LogP contribution in [-0.4, -0.2) is 23.3 Å². The molecule has 1 unspecified atom stereocenters. The standard InChI is InChI=1S/C20H20FN5O2/c1-28-15-4-2-3-12(7-15)10-23-20(27)26-17-9-14(21)6-5-13(17)8-18(26)16-11-24-25-19(16)22/h2-7,9,11,18H,8,10H2,1H3,(H,23,27)(H3,22,24,25). The van der Waals surface area contributed by atoms with Gasteiger partial charge in [-0.3, -0.25) is 10.00 Å². The molecule has 0 aliphatic carbocycles. The Bertz CT molecular complexity index is 1020. The molecular formula is C20H20FN5O2. The average Bonchev–Trinajstić information content (AvgIpc) is 3.29. The summed E-state index contributed by atoms with van der Waals surface area (Å²) < 4.78 is 19.1. The zero-order chi connectivity index (χ0) is 19.7. The summed E-state index contributed by atoms with van der Waals surface area (Å²) >= 11 is 0. The van der Waals surface area contributed by atoms with Gasteiger partial charge in [-0.2, -0.15) is 5.10 Å². The number of nitrogens with two attached hydrogens (primary N) is 1. The molecule has 4 rings (SSSR count). The third-order valence-electron chi connectivity index (χ3n) is 4.89. The van der Waals surface area contributed by atoms with Crippen molar-refractivity contribution >= 4 is 17.5 Å². The summed E-state index contributed by atoms with van der Waals surface area (Å²) in [4.78, 5) is 14.6. The second-order valence-corrected chi connectivity index (χ2v) is 6.61. The van der Waals surface area contributed by atoms with E-state index in [1.807, 2.05) is 24.3 Å². The number of hydrogen-bond donors (Lipinski definition) is 3. The second kappa shape index (κ2) is 7.22. The minimum atomic E-state index is -0.398. The van der Waals surface area contributed by atoms with E-state index in [0.717, 1.165) is 11.1 Å². The van der Waals surface area contributed by atoms with Crippen molar-refractivity contribution in [1.82, 2.24) is 15.5 Å². The number of benzene rings is 2. The predicted molar refractivity (Wildman–Crippen MR) is 104 cm³/mol. The maximum absolute atomic E-state index is 13.9. The normalized spacial score (nSPS) is 15.4. The Morgan fingerprint density at radius 2 is 2.25 bits per heavy atom. The van der Waals surface area contributed by atoms with Gasteiger partial charge in [0.2, 0.25) is 0 Å². The lowest BCUT2D eigenvalue weighted by Crippen LogP contribution is -2.40. The molecule has 1 aliphatic rings. The first-order valence-corrected chi connectivity index (χ1v) is 8.84. The van der Waals surface area contributed by atoms with Crippen molar-refractivity contribution in [3.63, 3.8) is 0 Å². The van der Waals surface area contributed by atoms with E-state index in [0.29, 0.717) is 35.8 Å². The third-order valence-corrected chi connectivity index (χ3v) is 4.89. The van der Waals surface area contributed by atoms with E-state index in [1.54, 1.807) is 24.3 Å². The molecule has 28 heavy (non-hydrogen) atoms. The maximum Gasteiger partial charge on any atom is 0.322 e. The summed E-state index contributed by atoms with van der Waals surface area (Å²) in [6.07, 6.45) is 2.14. The molecule has 0 saturated carbocycles.